The Kier molecular flexibility index (Phi) is 4.23. The van der Waals surface area contributed by atoms with Crippen molar-refractivity contribution in [2.75, 3.05) is 36.5 Å². The van der Waals surface area contributed by atoms with Crippen molar-refractivity contribution < 1.29 is 4.74 Å². The fourth-order valence-electron chi connectivity index (χ4n) is 3.16. The highest BCUT2D eigenvalue weighted by atomic mass is 35.5. The predicted molar refractivity (Wildman–Crippen MR) is 84.9 cm³/mol. The van der Waals surface area contributed by atoms with Gasteiger partial charge in [-0.05, 0) is 43.9 Å². The number of benzene rings is 1. The lowest BCUT2D eigenvalue weighted by Crippen LogP contribution is -2.36. The molecule has 112 valence electrons. The van der Waals surface area contributed by atoms with E-state index in [1.165, 1.54) is 0 Å². The van der Waals surface area contributed by atoms with E-state index in [4.69, 9.17) is 16.3 Å². The summed E-state index contributed by atoms with van der Waals surface area (Å²) < 4.78 is 5.39. The maximum Gasteiger partial charge on any atom is 0.125 e. The fraction of sp³-hybridized carbons (Fsp3) is 0.562. The summed E-state index contributed by atoms with van der Waals surface area (Å²) in [5, 5.41) is 13.7. The van der Waals surface area contributed by atoms with Crippen LogP contribution in [-0.2, 0) is 4.74 Å². The number of morpholine rings is 1. The summed E-state index contributed by atoms with van der Waals surface area (Å²) in [7, 11) is 0. The van der Waals surface area contributed by atoms with Gasteiger partial charge in [0.25, 0.3) is 0 Å². The molecule has 3 rings (SSSR count). The summed E-state index contributed by atoms with van der Waals surface area (Å²) in [4.78, 5) is 2.24. The molecule has 0 atom stereocenters. The third-order valence-electron chi connectivity index (χ3n) is 4.35. The van der Waals surface area contributed by atoms with E-state index in [2.05, 4.69) is 22.4 Å². The minimum atomic E-state index is -0.407. The van der Waals surface area contributed by atoms with Gasteiger partial charge in [-0.1, -0.05) is 11.6 Å². The molecule has 1 aromatic carbocycles. The molecule has 1 aliphatic carbocycles. The molecule has 21 heavy (non-hydrogen) atoms. The van der Waals surface area contributed by atoms with Crippen LogP contribution in [0.5, 0.6) is 0 Å². The van der Waals surface area contributed by atoms with E-state index < -0.39 is 5.54 Å². The highest BCUT2D eigenvalue weighted by molar-refractivity contribution is 6.33. The lowest BCUT2D eigenvalue weighted by Gasteiger charge is -2.31. The van der Waals surface area contributed by atoms with Crippen molar-refractivity contribution in [2.45, 2.75) is 31.2 Å². The van der Waals surface area contributed by atoms with Crippen molar-refractivity contribution in [1.82, 2.24) is 0 Å². The largest absolute Gasteiger partial charge is 0.378 e. The monoisotopic (exact) mass is 305 g/mol. The molecule has 0 radical (unpaired) electrons. The molecular formula is C16H20ClN3O. The summed E-state index contributed by atoms with van der Waals surface area (Å²) in [5.41, 5.74) is 1.59. The van der Waals surface area contributed by atoms with Gasteiger partial charge in [0, 0.05) is 18.8 Å². The van der Waals surface area contributed by atoms with Crippen molar-refractivity contribution in [3.8, 4) is 6.07 Å². The Hall–Kier alpha value is -1.44. The highest BCUT2D eigenvalue weighted by Crippen LogP contribution is 2.35. The lowest BCUT2D eigenvalue weighted by molar-refractivity contribution is 0.122. The standard InChI is InChI=1S/C16H20ClN3O/c17-14-4-3-13(19-16(12-18)5-1-2-6-16)11-15(14)20-7-9-21-10-8-20/h3-4,11,19H,1-2,5-10H2. The number of hydrogen-bond acceptors (Lipinski definition) is 4. The molecular weight excluding hydrogens is 286 g/mol. The van der Waals surface area contributed by atoms with Crippen LogP contribution in [0.1, 0.15) is 25.7 Å². The summed E-state index contributed by atoms with van der Waals surface area (Å²) >= 11 is 6.34. The molecule has 1 N–H and O–H groups in total. The van der Waals surface area contributed by atoms with Gasteiger partial charge in [-0.2, -0.15) is 5.26 Å². The van der Waals surface area contributed by atoms with Gasteiger partial charge in [0.15, 0.2) is 0 Å². The zero-order valence-corrected chi connectivity index (χ0v) is 12.8. The second-order valence-corrected chi connectivity index (χ2v) is 6.20. The second kappa shape index (κ2) is 6.13. The first-order valence-electron chi connectivity index (χ1n) is 7.54. The van der Waals surface area contributed by atoms with Crippen molar-refractivity contribution in [3.63, 3.8) is 0 Å². The summed E-state index contributed by atoms with van der Waals surface area (Å²) in [5.74, 6) is 0. The Morgan fingerprint density at radius 2 is 1.95 bits per heavy atom. The number of halogens is 1. The number of nitrogens with one attached hydrogen (secondary N) is 1. The summed E-state index contributed by atoms with van der Waals surface area (Å²) in [6.45, 7) is 3.17. The molecule has 0 spiro atoms. The summed E-state index contributed by atoms with van der Waals surface area (Å²) in [6, 6.07) is 8.40. The Bertz CT molecular complexity index is 543. The first-order chi connectivity index (χ1) is 10.2. The Labute approximate surface area is 130 Å². The first kappa shape index (κ1) is 14.5. The average molecular weight is 306 g/mol. The number of nitriles is 1. The Morgan fingerprint density at radius 3 is 2.62 bits per heavy atom. The minimum absolute atomic E-state index is 0.407. The van der Waals surface area contributed by atoms with E-state index in [0.29, 0.717) is 0 Å². The van der Waals surface area contributed by atoms with Gasteiger partial charge in [-0.15, -0.1) is 0 Å². The molecule has 1 aromatic rings. The van der Waals surface area contributed by atoms with Crippen LogP contribution in [0.3, 0.4) is 0 Å². The smallest absolute Gasteiger partial charge is 0.125 e. The van der Waals surface area contributed by atoms with Gasteiger partial charge < -0.3 is 15.0 Å². The topological polar surface area (TPSA) is 48.3 Å². The second-order valence-electron chi connectivity index (χ2n) is 5.79. The molecule has 4 nitrogen and oxygen atoms in total. The van der Waals surface area contributed by atoms with Crippen molar-refractivity contribution in [3.05, 3.63) is 23.2 Å². The van der Waals surface area contributed by atoms with Crippen molar-refractivity contribution in [1.29, 1.82) is 5.26 Å². The lowest BCUT2D eigenvalue weighted by atomic mass is 9.99. The van der Waals surface area contributed by atoms with E-state index in [0.717, 1.165) is 68.4 Å². The Balaban J connectivity index is 1.82. The predicted octanol–water partition coefficient (Wildman–Crippen LogP) is 3.42. The molecule has 2 fully saturated rings. The minimum Gasteiger partial charge on any atom is -0.378 e. The van der Waals surface area contributed by atoms with Gasteiger partial charge in [0.1, 0.15) is 5.54 Å². The zero-order valence-electron chi connectivity index (χ0n) is 12.1. The SMILES string of the molecule is N#CC1(Nc2ccc(Cl)c(N3CCOCC3)c2)CCCC1. The zero-order chi connectivity index (χ0) is 14.7. The first-order valence-corrected chi connectivity index (χ1v) is 7.92. The van der Waals surface area contributed by atoms with E-state index in [9.17, 15) is 5.26 Å². The molecule has 1 heterocycles. The molecule has 0 aromatic heterocycles. The van der Waals surface area contributed by atoms with Crippen molar-refractivity contribution >= 4 is 23.0 Å². The summed E-state index contributed by atoms with van der Waals surface area (Å²) in [6.07, 6.45) is 4.06. The number of rotatable bonds is 3. The number of hydrogen-bond donors (Lipinski definition) is 1. The molecule has 0 amide bonds. The van der Waals surface area contributed by atoms with Gasteiger partial charge >= 0.3 is 0 Å². The molecule has 1 saturated heterocycles. The average Bonchev–Trinajstić information content (AvgIpc) is 2.99. The van der Waals surface area contributed by atoms with Gasteiger partial charge in [-0.25, -0.2) is 0 Å². The van der Waals surface area contributed by atoms with Gasteiger partial charge in [0.05, 0.1) is 30.0 Å². The molecule has 1 aliphatic heterocycles. The van der Waals surface area contributed by atoms with Crippen LogP contribution >= 0.6 is 11.6 Å². The Morgan fingerprint density at radius 1 is 1.24 bits per heavy atom. The van der Waals surface area contributed by atoms with E-state index in [-0.39, 0.29) is 0 Å². The maximum absolute atomic E-state index is 9.48. The normalized spacial score (nSPS) is 21.0. The van der Waals surface area contributed by atoms with Crippen LogP contribution in [0.15, 0.2) is 18.2 Å². The number of anilines is 2. The molecule has 1 saturated carbocycles. The molecule has 2 aliphatic rings. The third-order valence-corrected chi connectivity index (χ3v) is 4.67. The maximum atomic E-state index is 9.48. The van der Waals surface area contributed by atoms with Gasteiger partial charge in [0.2, 0.25) is 0 Å². The number of nitrogens with zero attached hydrogens (tertiary/aromatic N) is 2. The van der Waals surface area contributed by atoms with E-state index in [1.807, 2.05) is 12.1 Å². The van der Waals surface area contributed by atoms with Crippen molar-refractivity contribution in [2.24, 2.45) is 0 Å². The van der Waals surface area contributed by atoms with Gasteiger partial charge in [-0.3, -0.25) is 0 Å². The molecule has 0 unspecified atom stereocenters. The van der Waals surface area contributed by atoms with Crippen LogP contribution in [0.4, 0.5) is 11.4 Å². The molecule has 5 heteroatoms. The van der Waals surface area contributed by atoms with Crippen LogP contribution in [0.25, 0.3) is 0 Å². The van der Waals surface area contributed by atoms with Crippen LogP contribution in [0, 0.1) is 11.3 Å². The quantitative estimate of drug-likeness (QED) is 0.929. The highest BCUT2D eigenvalue weighted by Gasteiger charge is 2.33. The van der Waals surface area contributed by atoms with Crippen LogP contribution < -0.4 is 10.2 Å². The molecule has 0 bridgehead atoms. The number of ether oxygens (including phenoxy) is 1. The van der Waals surface area contributed by atoms with E-state index in [1.54, 1.807) is 0 Å². The van der Waals surface area contributed by atoms with Crippen LogP contribution in [0.2, 0.25) is 5.02 Å². The fourth-order valence-corrected chi connectivity index (χ4v) is 3.39. The van der Waals surface area contributed by atoms with Crippen LogP contribution in [-0.4, -0.2) is 31.8 Å². The third kappa shape index (κ3) is 3.09. The van der Waals surface area contributed by atoms with E-state index >= 15 is 0 Å².